The summed E-state index contributed by atoms with van der Waals surface area (Å²) < 4.78 is 25.4. The summed E-state index contributed by atoms with van der Waals surface area (Å²) in [7, 11) is 1.83. The second-order valence-corrected chi connectivity index (χ2v) is 3.39. The van der Waals surface area contributed by atoms with Crippen LogP contribution in [0.15, 0.2) is 18.2 Å². The molecule has 0 saturated heterocycles. The van der Waals surface area contributed by atoms with E-state index in [2.05, 4.69) is 0 Å². The largest absolute Gasteiger partial charge is 0.301 e. The minimum Gasteiger partial charge on any atom is -0.301 e. The maximum Gasteiger partial charge on any atom is 0.159 e. The lowest BCUT2D eigenvalue weighted by Gasteiger charge is -2.14. The van der Waals surface area contributed by atoms with Gasteiger partial charge in [-0.15, -0.1) is 0 Å². The lowest BCUT2D eigenvalue weighted by atomic mass is 10.2. The van der Waals surface area contributed by atoms with Crippen LogP contribution in [0.4, 0.5) is 8.78 Å². The molecule has 4 heteroatoms. The summed E-state index contributed by atoms with van der Waals surface area (Å²) >= 11 is 0. The third kappa shape index (κ3) is 3.64. The number of rotatable bonds is 4. The molecule has 80 valence electrons. The smallest absolute Gasteiger partial charge is 0.159 e. The molecule has 0 radical (unpaired) electrons. The quantitative estimate of drug-likeness (QED) is 0.762. The lowest BCUT2D eigenvalue weighted by molar-refractivity contribution is 0.334. The Hall–Kier alpha value is -1.47. The molecule has 0 N–H and O–H groups in total. The Morgan fingerprint density at radius 1 is 1.33 bits per heavy atom. The van der Waals surface area contributed by atoms with Gasteiger partial charge in [0.2, 0.25) is 0 Å². The number of nitriles is 1. The molecule has 0 aliphatic rings. The van der Waals surface area contributed by atoms with Crippen molar-refractivity contribution in [1.82, 2.24) is 4.90 Å². The van der Waals surface area contributed by atoms with Gasteiger partial charge in [-0.2, -0.15) is 5.26 Å². The van der Waals surface area contributed by atoms with Crippen LogP contribution in [0.5, 0.6) is 0 Å². The van der Waals surface area contributed by atoms with Gasteiger partial charge in [-0.1, -0.05) is 6.07 Å². The van der Waals surface area contributed by atoms with E-state index >= 15 is 0 Å². The normalized spacial score (nSPS) is 10.3. The summed E-state index contributed by atoms with van der Waals surface area (Å²) in [6.45, 7) is 1.13. The third-order valence-corrected chi connectivity index (χ3v) is 2.04. The van der Waals surface area contributed by atoms with Crippen LogP contribution in [0.3, 0.4) is 0 Å². The van der Waals surface area contributed by atoms with E-state index < -0.39 is 11.6 Å². The van der Waals surface area contributed by atoms with E-state index in [9.17, 15) is 8.78 Å². The first-order valence-electron chi connectivity index (χ1n) is 4.63. The van der Waals surface area contributed by atoms with Crippen molar-refractivity contribution in [2.24, 2.45) is 0 Å². The van der Waals surface area contributed by atoms with E-state index in [1.807, 2.05) is 18.0 Å². The first kappa shape index (κ1) is 11.6. The molecule has 1 aromatic carbocycles. The van der Waals surface area contributed by atoms with Gasteiger partial charge in [0.25, 0.3) is 0 Å². The molecule has 1 rings (SSSR count). The minimum absolute atomic E-state index is 0.431. The molecule has 1 aromatic rings. The number of hydrogen-bond acceptors (Lipinski definition) is 2. The van der Waals surface area contributed by atoms with E-state index in [4.69, 9.17) is 5.26 Å². The van der Waals surface area contributed by atoms with Crippen LogP contribution in [-0.2, 0) is 6.54 Å². The van der Waals surface area contributed by atoms with Crippen molar-refractivity contribution in [3.8, 4) is 6.07 Å². The Kier molecular flexibility index (Phi) is 4.19. The van der Waals surface area contributed by atoms with Gasteiger partial charge in [0.15, 0.2) is 11.6 Å². The van der Waals surface area contributed by atoms with Crippen LogP contribution < -0.4 is 0 Å². The zero-order valence-electron chi connectivity index (χ0n) is 8.50. The van der Waals surface area contributed by atoms with Crippen LogP contribution in [0.2, 0.25) is 0 Å². The molecule has 0 amide bonds. The number of hydrogen-bond donors (Lipinski definition) is 0. The Labute approximate surface area is 87.7 Å². The monoisotopic (exact) mass is 210 g/mol. The van der Waals surface area contributed by atoms with Crippen LogP contribution in [0, 0.1) is 23.0 Å². The second-order valence-electron chi connectivity index (χ2n) is 3.39. The summed E-state index contributed by atoms with van der Waals surface area (Å²) in [5, 5.41) is 8.38. The lowest BCUT2D eigenvalue weighted by Crippen LogP contribution is -2.18. The van der Waals surface area contributed by atoms with Crippen molar-refractivity contribution in [3.05, 3.63) is 35.4 Å². The highest BCUT2D eigenvalue weighted by Crippen LogP contribution is 2.10. The van der Waals surface area contributed by atoms with Crippen LogP contribution in [-0.4, -0.2) is 18.5 Å². The minimum atomic E-state index is -0.835. The molecular weight excluding hydrogens is 198 g/mol. The molecule has 0 aromatic heterocycles. The zero-order chi connectivity index (χ0) is 11.3. The van der Waals surface area contributed by atoms with Crippen molar-refractivity contribution < 1.29 is 8.78 Å². The third-order valence-electron chi connectivity index (χ3n) is 2.04. The zero-order valence-corrected chi connectivity index (χ0v) is 8.50. The molecule has 0 heterocycles. The fourth-order valence-corrected chi connectivity index (χ4v) is 1.27. The van der Waals surface area contributed by atoms with Gasteiger partial charge in [0.05, 0.1) is 6.07 Å². The Bertz CT molecular complexity index is 371. The predicted molar refractivity (Wildman–Crippen MR) is 52.9 cm³/mol. The van der Waals surface area contributed by atoms with E-state index in [0.29, 0.717) is 25.1 Å². The van der Waals surface area contributed by atoms with Gasteiger partial charge in [-0.3, -0.25) is 0 Å². The van der Waals surface area contributed by atoms with Crippen molar-refractivity contribution in [1.29, 1.82) is 5.26 Å². The molecule has 0 saturated carbocycles. The molecule has 0 unspecified atom stereocenters. The van der Waals surface area contributed by atoms with Gasteiger partial charge >= 0.3 is 0 Å². The number of nitrogens with zero attached hydrogens (tertiary/aromatic N) is 2. The summed E-state index contributed by atoms with van der Waals surface area (Å²) in [6, 6.07) is 5.86. The van der Waals surface area contributed by atoms with Crippen molar-refractivity contribution >= 4 is 0 Å². The van der Waals surface area contributed by atoms with Gasteiger partial charge < -0.3 is 4.90 Å². The molecule has 2 nitrogen and oxygen atoms in total. The summed E-state index contributed by atoms with van der Waals surface area (Å²) in [5.41, 5.74) is 0.703. The van der Waals surface area contributed by atoms with Crippen LogP contribution >= 0.6 is 0 Å². The van der Waals surface area contributed by atoms with E-state index in [0.717, 1.165) is 6.07 Å². The van der Waals surface area contributed by atoms with Gasteiger partial charge in [-0.25, -0.2) is 8.78 Å². The predicted octanol–water partition coefficient (Wildman–Crippen LogP) is 2.31. The van der Waals surface area contributed by atoms with Gasteiger partial charge in [0.1, 0.15) is 0 Å². The standard InChI is InChI=1S/C11H12F2N2/c1-15(6-2-5-14)8-9-3-4-10(12)11(13)7-9/h3-4,7H,2,6,8H2,1H3. The Balaban J connectivity index is 2.57. The molecule has 15 heavy (non-hydrogen) atoms. The number of benzene rings is 1. The summed E-state index contributed by atoms with van der Waals surface area (Å²) in [6.07, 6.45) is 0.431. The van der Waals surface area contributed by atoms with Crippen molar-refractivity contribution in [3.63, 3.8) is 0 Å². The van der Waals surface area contributed by atoms with Crippen LogP contribution in [0.1, 0.15) is 12.0 Å². The fourth-order valence-electron chi connectivity index (χ4n) is 1.27. The maximum atomic E-state index is 12.8. The molecule has 0 aliphatic carbocycles. The number of halogens is 2. The highest BCUT2D eigenvalue weighted by molar-refractivity contribution is 5.17. The SMILES string of the molecule is CN(CCC#N)Cc1ccc(F)c(F)c1. The van der Waals surface area contributed by atoms with Gasteiger partial charge in [-0.05, 0) is 24.7 Å². The fraction of sp³-hybridized carbons (Fsp3) is 0.364. The van der Waals surface area contributed by atoms with E-state index in [1.165, 1.54) is 6.07 Å². The molecular formula is C11H12F2N2. The molecule has 0 fully saturated rings. The molecule has 0 aliphatic heterocycles. The Morgan fingerprint density at radius 2 is 2.07 bits per heavy atom. The van der Waals surface area contributed by atoms with Crippen LogP contribution in [0.25, 0.3) is 0 Å². The molecule has 0 atom stereocenters. The Morgan fingerprint density at radius 3 is 2.67 bits per heavy atom. The first-order valence-corrected chi connectivity index (χ1v) is 4.63. The highest BCUT2D eigenvalue weighted by atomic mass is 19.2. The maximum absolute atomic E-state index is 12.8. The molecule has 0 spiro atoms. The average Bonchev–Trinajstić information content (AvgIpc) is 2.20. The molecule has 0 bridgehead atoms. The second kappa shape index (κ2) is 5.42. The first-order chi connectivity index (χ1) is 7.13. The van der Waals surface area contributed by atoms with Crippen molar-refractivity contribution in [2.75, 3.05) is 13.6 Å². The summed E-state index contributed by atoms with van der Waals surface area (Å²) in [5.74, 6) is -1.67. The average molecular weight is 210 g/mol. The summed E-state index contributed by atoms with van der Waals surface area (Å²) in [4.78, 5) is 1.88. The van der Waals surface area contributed by atoms with Crippen molar-refractivity contribution in [2.45, 2.75) is 13.0 Å². The van der Waals surface area contributed by atoms with Gasteiger partial charge in [0, 0.05) is 19.5 Å². The van der Waals surface area contributed by atoms with E-state index in [1.54, 1.807) is 6.07 Å². The van der Waals surface area contributed by atoms with E-state index in [-0.39, 0.29) is 0 Å². The highest BCUT2D eigenvalue weighted by Gasteiger charge is 2.04. The topological polar surface area (TPSA) is 27.0 Å².